The molecule has 0 spiro atoms. The van der Waals surface area contributed by atoms with Crippen LogP contribution in [-0.4, -0.2) is 22.0 Å². The van der Waals surface area contributed by atoms with Crippen LogP contribution in [0.25, 0.3) is 11.3 Å². The van der Waals surface area contributed by atoms with Gasteiger partial charge in [-0.3, -0.25) is 9.59 Å². The Bertz CT molecular complexity index is 782. The van der Waals surface area contributed by atoms with Crippen LogP contribution in [0.3, 0.4) is 0 Å². The Morgan fingerprint density at radius 3 is 2.40 bits per heavy atom. The van der Waals surface area contributed by atoms with Crippen LogP contribution < -0.4 is 5.32 Å². The molecule has 0 radical (unpaired) electrons. The smallest absolute Gasteiger partial charge is 0.307 e. The van der Waals surface area contributed by atoms with E-state index in [1.165, 1.54) is 16.9 Å². The summed E-state index contributed by atoms with van der Waals surface area (Å²) in [4.78, 5) is 29.6. The summed E-state index contributed by atoms with van der Waals surface area (Å²) in [5.74, 6) is -2.17. The number of carboxylic acid groups (broad SMARTS) is 1. The number of amides is 1. The van der Waals surface area contributed by atoms with Crippen LogP contribution in [0.1, 0.15) is 36.1 Å². The number of nitrogens with one attached hydrogen (secondary N) is 1. The van der Waals surface area contributed by atoms with Crippen molar-refractivity contribution >= 4 is 28.3 Å². The van der Waals surface area contributed by atoms with Crippen LogP contribution >= 0.6 is 11.3 Å². The lowest BCUT2D eigenvalue weighted by Crippen LogP contribution is -2.36. The van der Waals surface area contributed by atoms with Crippen molar-refractivity contribution in [3.05, 3.63) is 34.7 Å². The molecule has 0 bridgehead atoms. The molecule has 3 rings (SSSR count). The van der Waals surface area contributed by atoms with Crippen LogP contribution in [0.15, 0.2) is 24.3 Å². The van der Waals surface area contributed by atoms with Gasteiger partial charge >= 0.3 is 5.97 Å². The summed E-state index contributed by atoms with van der Waals surface area (Å²) in [5.41, 5.74) is 3.06. The summed E-state index contributed by atoms with van der Waals surface area (Å²) in [6, 6.07) is 8.10. The van der Waals surface area contributed by atoms with Crippen molar-refractivity contribution in [3.63, 3.8) is 0 Å². The monoisotopic (exact) mass is 358 g/mol. The Kier molecular flexibility index (Phi) is 5.18. The second kappa shape index (κ2) is 7.35. The molecule has 2 aromatic rings. The number of carboxylic acids is 1. The normalized spacial score (nSPS) is 20.2. The molecule has 132 valence electrons. The maximum absolute atomic E-state index is 12.6. The molecule has 6 heteroatoms. The van der Waals surface area contributed by atoms with E-state index in [-0.39, 0.29) is 5.91 Å². The zero-order valence-electron chi connectivity index (χ0n) is 14.4. The summed E-state index contributed by atoms with van der Waals surface area (Å²) in [6.07, 6.45) is 2.96. The molecule has 1 aromatic carbocycles. The van der Waals surface area contributed by atoms with E-state index in [1.54, 1.807) is 0 Å². The molecule has 2 atom stereocenters. The molecular formula is C19H22N2O3S. The lowest BCUT2D eigenvalue weighted by Gasteiger charge is -2.26. The average molecular weight is 358 g/mol. The Labute approximate surface area is 151 Å². The summed E-state index contributed by atoms with van der Waals surface area (Å²) >= 11 is 1.42. The number of carbonyl (C=O) groups is 2. The van der Waals surface area contributed by atoms with Gasteiger partial charge in [-0.2, -0.15) is 0 Å². The van der Waals surface area contributed by atoms with Gasteiger partial charge in [-0.25, -0.2) is 4.98 Å². The van der Waals surface area contributed by atoms with Crippen molar-refractivity contribution < 1.29 is 14.7 Å². The third-order valence-corrected chi connectivity index (χ3v) is 5.66. The Hall–Kier alpha value is -2.21. The van der Waals surface area contributed by atoms with Gasteiger partial charge in [0.15, 0.2) is 5.13 Å². The number of aliphatic carboxylic acids is 1. The number of hydrogen-bond donors (Lipinski definition) is 2. The van der Waals surface area contributed by atoms with Crippen LogP contribution in [0.5, 0.6) is 0 Å². The van der Waals surface area contributed by atoms with E-state index < -0.39 is 17.8 Å². The summed E-state index contributed by atoms with van der Waals surface area (Å²) in [7, 11) is 0. The van der Waals surface area contributed by atoms with Gasteiger partial charge in [-0.1, -0.05) is 42.7 Å². The average Bonchev–Trinajstić information content (AvgIpc) is 2.95. The number of benzene rings is 1. The molecule has 25 heavy (non-hydrogen) atoms. The number of aromatic nitrogens is 1. The molecule has 1 saturated carbocycles. The largest absolute Gasteiger partial charge is 0.481 e. The summed E-state index contributed by atoms with van der Waals surface area (Å²) < 4.78 is 0. The molecule has 1 amide bonds. The maximum atomic E-state index is 12.6. The van der Waals surface area contributed by atoms with Crippen LogP contribution in [0.2, 0.25) is 0 Å². The highest BCUT2D eigenvalue weighted by Crippen LogP contribution is 2.34. The fourth-order valence-electron chi connectivity index (χ4n) is 3.37. The van der Waals surface area contributed by atoms with E-state index in [4.69, 9.17) is 0 Å². The number of thiazole rings is 1. The first-order valence-corrected chi connectivity index (χ1v) is 9.35. The molecule has 0 aliphatic heterocycles. The van der Waals surface area contributed by atoms with Gasteiger partial charge in [0.1, 0.15) is 0 Å². The third kappa shape index (κ3) is 3.90. The number of aryl methyl sites for hydroxylation is 2. The van der Waals surface area contributed by atoms with E-state index in [9.17, 15) is 14.7 Å². The second-order valence-corrected chi connectivity index (χ2v) is 7.82. The van der Waals surface area contributed by atoms with Crippen LogP contribution in [0, 0.1) is 25.7 Å². The highest BCUT2D eigenvalue weighted by atomic mass is 32.1. The lowest BCUT2D eigenvalue weighted by atomic mass is 9.79. The van der Waals surface area contributed by atoms with Crippen molar-refractivity contribution in [2.75, 3.05) is 5.32 Å². The minimum atomic E-state index is -0.879. The molecule has 1 aliphatic carbocycles. The number of hydrogen-bond acceptors (Lipinski definition) is 4. The topological polar surface area (TPSA) is 79.3 Å². The second-order valence-electron chi connectivity index (χ2n) is 6.61. The highest BCUT2D eigenvalue weighted by Gasteiger charge is 2.36. The SMILES string of the molecule is Cc1ccc(-c2nc(NC(=O)[C@H]3CCCC[C@@H]3C(=O)O)sc2C)cc1. The first-order valence-electron chi connectivity index (χ1n) is 8.54. The predicted molar refractivity (Wildman–Crippen MR) is 98.7 cm³/mol. The summed E-state index contributed by atoms with van der Waals surface area (Å²) in [5, 5.41) is 12.7. The lowest BCUT2D eigenvalue weighted by molar-refractivity contribution is -0.147. The fraction of sp³-hybridized carbons (Fsp3) is 0.421. The van der Waals surface area contributed by atoms with Crippen LogP contribution in [0.4, 0.5) is 5.13 Å². The predicted octanol–water partition coefficient (Wildman–Crippen LogP) is 4.26. The Morgan fingerprint density at radius 1 is 1.12 bits per heavy atom. The molecule has 1 aromatic heterocycles. The standard InChI is InChI=1S/C19H22N2O3S/c1-11-7-9-13(10-8-11)16-12(2)25-19(20-16)21-17(22)14-5-3-4-6-15(14)18(23)24/h7-10,14-15H,3-6H2,1-2H3,(H,23,24)(H,20,21,22)/t14-,15-/m0/s1. The van der Waals surface area contributed by atoms with E-state index in [0.29, 0.717) is 18.0 Å². The Balaban J connectivity index is 1.77. The van der Waals surface area contributed by atoms with Gasteiger partial charge in [-0.05, 0) is 26.7 Å². The van der Waals surface area contributed by atoms with Crippen molar-refractivity contribution in [1.29, 1.82) is 0 Å². The molecule has 2 N–H and O–H groups in total. The van der Waals surface area contributed by atoms with Gasteiger partial charge in [0.25, 0.3) is 0 Å². The quantitative estimate of drug-likeness (QED) is 0.856. The van der Waals surface area contributed by atoms with Crippen molar-refractivity contribution in [3.8, 4) is 11.3 Å². The van der Waals surface area contributed by atoms with Crippen molar-refractivity contribution in [2.45, 2.75) is 39.5 Å². The Morgan fingerprint density at radius 2 is 1.76 bits per heavy atom. The van der Waals surface area contributed by atoms with Gasteiger partial charge < -0.3 is 10.4 Å². The number of nitrogens with zero attached hydrogens (tertiary/aromatic N) is 1. The first-order chi connectivity index (χ1) is 12.0. The molecule has 1 heterocycles. The first kappa shape index (κ1) is 17.6. The number of carbonyl (C=O) groups excluding carboxylic acids is 1. The highest BCUT2D eigenvalue weighted by molar-refractivity contribution is 7.16. The van der Waals surface area contributed by atoms with Gasteiger partial charge in [0.05, 0.1) is 17.5 Å². The fourth-order valence-corrected chi connectivity index (χ4v) is 4.21. The molecule has 1 aliphatic rings. The minimum absolute atomic E-state index is 0.226. The van der Waals surface area contributed by atoms with E-state index >= 15 is 0 Å². The van der Waals surface area contributed by atoms with Gasteiger partial charge in [0, 0.05) is 10.4 Å². The zero-order chi connectivity index (χ0) is 18.0. The minimum Gasteiger partial charge on any atom is -0.481 e. The number of anilines is 1. The van der Waals surface area contributed by atoms with Gasteiger partial charge in [0.2, 0.25) is 5.91 Å². The molecular weight excluding hydrogens is 336 g/mol. The van der Waals surface area contributed by atoms with Crippen molar-refractivity contribution in [1.82, 2.24) is 4.98 Å². The summed E-state index contributed by atoms with van der Waals surface area (Å²) in [6.45, 7) is 4.01. The van der Waals surface area contributed by atoms with Crippen molar-refractivity contribution in [2.24, 2.45) is 11.8 Å². The van der Waals surface area contributed by atoms with Gasteiger partial charge in [-0.15, -0.1) is 11.3 Å². The molecule has 1 fully saturated rings. The maximum Gasteiger partial charge on any atom is 0.307 e. The molecule has 5 nitrogen and oxygen atoms in total. The number of rotatable bonds is 4. The van der Waals surface area contributed by atoms with E-state index in [2.05, 4.69) is 10.3 Å². The molecule has 0 unspecified atom stereocenters. The molecule has 0 saturated heterocycles. The zero-order valence-corrected chi connectivity index (χ0v) is 15.2. The van der Waals surface area contributed by atoms with E-state index in [1.807, 2.05) is 38.1 Å². The van der Waals surface area contributed by atoms with E-state index in [0.717, 1.165) is 29.0 Å². The third-order valence-electron chi connectivity index (χ3n) is 4.77. The van der Waals surface area contributed by atoms with Crippen LogP contribution in [-0.2, 0) is 9.59 Å².